The van der Waals surface area contributed by atoms with Gasteiger partial charge in [-0.05, 0) is 24.3 Å². The van der Waals surface area contributed by atoms with Crippen molar-refractivity contribution in [2.24, 2.45) is 0 Å². The standard InChI is InChI=1S/C17H15N5O3/c1-18-17(24)14-5-4-13(25-14)10-22-16(23)12-8-20-15(21-9-12)11-3-2-6-19-7-11/h2-9H,10H2,1H3,(H,18,24)(H,22,23). The van der Waals surface area contributed by atoms with Gasteiger partial charge in [-0.1, -0.05) is 0 Å². The molecule has 0 saturated carbocycles. The van der Waals surface area contributed by atoms with Crippen LogP contribution < -0.4 is 10.6 Å². The van der Waals surface area contributed by atoms with E-state index in [-0.39, 0.29) is 24.1 Å². The van der Waals surface area contributed by atoms with Crippen LogP contribution in [0.1, 0.15) is 26.7 Å². The van der Waals surface area contributed by atoms with Crippen molar-refractivity contribution >= 4 is 11.8 Å². The molecule has 2 amide bonds. The Balaban J connectivity index is 1.62. The number of nitrogens with zero attached hydrogens (tertiary/aromatic N) is 3. The number of pyridine rings is 1. The predicted molar refractivity (Wildman–Crippen MR) is 88.5 cm³/mol. The van der Waals surface area contributed by atoms with Gasteiger partial charge >= 0.3 is 0 Å². The van der Waals surface area contributed by atoms with E-state index >= 15 is 0 Å². The van der Waals surface area contributed by atoms with Gasteiger partial charge in [0.25, 0.3) is 11.8 Å². The normalized spacial score (nSPS) is 10.3. The molecule has 8 nitrogen and oxygen atoms in total. The summed E-state index contributed by atoms with van der Waals surface area (Å²) in [5, 5.41) is 5.15. The summed E-state index contributed by atoms with van der Waals surface area (Å²) in [6.45, 7) is 0.153. The third kappa shape index (κ3) is 3.86. The van der Waals surface area contributed by atoms with Crippen LogP contribution in [0.2, 0.25) is 0 Å². The highest BCUT2D eigenvalue weighted by Gasteiger charge is 2.11. The Hall–Kier alpha value is -3.55. The summed E-state index contributed by atoms with van der Waals surface area (Å²) in [6.07, 6.45) is 6.21. The fourth-order valence-corrected chi connectivity index (χ4v) is 2.08. The zero-order valence-electron chi connectivity index (χ0n) is 13.4. The van der Waals surface area contributed by atoms with Crippen LogP contribution >= 0.6 is 0 Å². The monoisotopic (exact) mass is 337 g/mol. The molecule has 0 fully saturated rings. The first-order valence-corrected chi connectivity index (χ1v) is 7.49. The molecule has 3 heterocycles. The summed E-state index contributed by atoms with van der Waals surface area (Å²) in [7, 11) is 1.52. The Kier molecular flexibility index (Phi) is 4.79. The molecule has 126 valence electrons. The largest absolute Gasteiger partial charge is 0.454 e. The molecule has 0 spiro atoms. The van der Waals surface area contributed by atoms with Gasteiger partial charge in [-0.3, -0.25) is 14.6 Å². The van der Waals surface area contributed by atoms with Gasteiger partial charge in [-0.15, -0.1) is 0 Å². The lowest BCUT2D eigenvalue weighted by Gasteiger charge is -2.04. The maximum Gasteiger partial charge on any atom is 0.286 e. The molecule has 0 saturated heterocycles. The number of aromatic nitrogens is 3. The molecule has 0 aliphatic carbocycles. The van der Waals surface area contributed by atoms with Crippen molar-refractivity contribution in [2.75, 3.05) is 7.05 Å². The predicted octanol–water partition coefficient (Wildman–Crippen LogP) is 1.42. The Morgan fingerprint density at radius 1 is 1.08 bits per heavy atom. The van der Waals surface area contributed by atoms with Crippen LogP contribution in [0.25, 0.3) is 11.4 Å². The van der Waals surface area contributed by atoms with Crippen molar-refractivity contribution in [3.8, 4) is 11.4 Å². The fraction of sp³-hybridized carbons (Fsp3) is 0.118. The van der Waals surface area contributed by atoms with Gasteiger partial charge in [0.15, 0.2) is 11.6 Å². The lowest BCUT2D eigenvalue weighted by molar-refractivity contribution is 0.0933. The molecule has 3 aromatic heterocycles. The lowest BCUT2D eigenvalue weighted by Crippen LogP contribution is -2.23. The van der Waals surface area contributed by atoms with E-state index in [9.17, 15) is 9.59 Å². The molecule has 0 bridgehead atoms. The number of rotatable bonds is 5. The zero-order chi connectivity index (χ0) is 17.6. The molecule has 25 heavy (non-hydrogen) atoms. The van der Waals surface area contributed by atoms with E-state index in [2.05, 4.69) is 25.6 Å². The van der Waals surface area contributed by atoms with E-state index in [1.165, 1.54) is 19.4 Å². The van der Waals surface area contributed by atoms with Gasteiger partial charge in [0.1, 0.15) is 5.76 Å². The second-order valence-corrected chi connectivity index (χ2v) is 5.06. The van der Waals surface area contributed by atoms with Gasteiger partial charge < -0.3 is 15.1 Å². The van der Waals surface area contributed by atoms with E-state index in [0.717, 1.165) is 5.56 Å². The molecule has 3 rings (SSSR count). The molecule has 0 aromatic carbocycles. The molecular weight excluding hydrogens is 322 g/mol. The van der Waals surface area contributed by atoms with Gasteiger partial charge in [0.2, 0.25) is 0 Å². The average Bonchev–Trinajstić information content (AvgIpc) is 3.15. The third-order valence-corrected chi connectivity index (χ3v) is 3.37. The topological polar surface area (TPSA) is 110 Å². The summed E-state index contributed by atoms with van der Waals surface area (Å²) >= 11 is 0. The molecular formula is C17H15N5O3. The third-order valence-electron chi connectivity index (χ3n) is 3.37. The first-order valence-electron chi connectivity index (χ1n) is 7.49. The number of furan rings is 1. The van der Waals surface area contributed by atoms with Crippen LogP contribution in [0.4, 0.5) is 0 Å². The number of hydrogen-bond donors (Lipinski definition) is 2. The Morgan fingerprint density at radius 3 is 2.56 bits per heavy atom. The lowest BCUT2D eigenvalue weighted by atomic mass is 10.2. The summed E-state index contributed by atoms with van der Waals surface area (Å²) in [4.78, 5) is 35.9. The Bertz CT molecular complexity index is 875. The molecule has 0 atom stereocenters. The number of hydrogen-bond acceptors (Lipinski definition) is 6. The molecule has 0 aliphatic rings. The summed E-state index contributed by atoms with van der Waals surface area (Å²) in [6, 6.07) is 6.80. The van der Waals surface area contributed by atoms with Gasteiger partial charge in [0.05, 0.1) is 12.1 Å². The van der Waals surface area contributed by atoms with Crippen LogP contribution in [0, 0.1) is 0 Å². The van der Waals surface area contributed by atoms with E-state index in [1.807, 2.05) is 6.07 Å². The molecule has 3 aromatic rings. The molecule has 0 radical (unpaired) electrons. The van der Waals surface area contributed by atoms with Crippen LogP contribution in [0.5, 0.6) is 0 Å². The molecule has 2 N–H and O–H groups in total. The SMILES string of the molecule is CNC(=O)c1ccc(CNC(=O)c2cnc(-c3cccnc3)nc2)o1. The number of amides is 2. The minimum atomic E-state index is -0.337. The van der Waals surface area contributed by atoms with Crippen LogP contribution in [0.3, 0.4) is 0 Å². The first-order chi connectivity index (χ1) is 12.2. The second-order valence-electron chi connectivity index (χ2n) is 5.06. The summed E-state index contributed by atoms with van der Waals surface area (Å²) < 4.78 is 5.33. The molecule has 8 heteroatoms. The van der Waals surface area contributed by atoms with E-state index in [4.69, 9.17) is 4.42 Å². The highest BCUT2D eigenvalue weighted by atomic mass is 16.4. The minimum absolute atomic E-state index is 0.153. The van der Waals surface area contributed by atoms with Gasteiger partial charge in [-0.25, -0.2) is 9.97 Å². The number of carbonyl (C=O) groups is 2. The zero-order valence-corrected chi connectivity index (χ0v) is 13.4. The maximum absolute atomic E-state index is 12.1. The smallest absolute Gasteiger partial charge is 0.286 e. The summed E-state index contributed by atoms with van der Waals surface area (Å²) in [5.41, 5.74) is 1.09. The van der Waals surface area contributed by atoms with E-state index in [1.54, 1.807) is 30.6 Å². The van der Waals surface area contributed by atoms with Gasteiger partial charge in [0, 0.05) is 37.4 Å². The Labute approximate surface area is 143 Å². The summed E-state index contributed by atoms with van der Waals surface area (Å²) in [5.74, 6) is 0.495. The van der Waals surface area contributed by atoms with Gasteiger partial charge in [-0.2, -0.15) is 0 Å². The van der Waals surface area contributed by atoms with Crippen LogP contribution in [0.15, 0.2) is 53.5 Å². The van der Waals surface area contributed by atoms with Crippen molar-refractivity contribution in [2.45, 2.75) is 6.54 Å². The second kappa shape index (κ2) is 7.35. The Morgan fingerprint density at radius 2 is 1.88 bits per heavy atom. The van der Waals surface area contributed by atoms with Crippen molar-refractivity contribution in [1.82, 2.24) is 25.6 Å². The van der Waals surface area contributed by atoms with Crippen molar-refractivity contribution in [3.05, 3.63) is 66.1 Å². The minimum Gasteiger partial charge on any atom is -0.454 e. The van der Waals surface area contributed by atoms with Crippen molar-refractivity contribution < 1.29 is 14.0 Å². The van der Waals surface area contributed by atoms with Crippen molar-refractivity contribution in [3.63, 3.8) is 0 Å². The highest BCUT2D eigenvalue weighted by molar-refractivity contribution is 5.93. The quantitative estimate of drug-likeness (QED) is 0.728. The molecule has 0 aliphatic heterocycles. The van der Waals surface area contributed by atoms with Crippen molar-refractivity contribution in [1.29, 1.82) is 0 Å². The fourth-order valence-electron chi connectivity index (χ4n) is 2.08. The molecule has 0 unspecified atom stereocenters. The first kappa shape index (κ1) is 16.3. The van der Waals surface area contributed by atoms with Crippen LogP contribution in [-0.4, -0.2) is 33.8 Å². The van der Waals surface area contributed by atoms with E-state index < -0.39 is 0 Å². The number of carbonyl (C=O) groups excluding carboxylic acids is 2. The van der Waals surface area contributed by atoms with E-state index in [0.29, 0.717) is 17.1 Å². The highest BCUT2D eigenvalue weighted by Crippen LogP contribution is 2.12. The maximum atomic E-state index is 12.1. The number of nitrogens with one attached hydrogen (secondary N) is 2. The average molecular weight is 337 g/mol. The van der Waals surface area contributed by atoms with Crippen LogP contribution in [-0.2, 0) is 6.54 Å².